The third-order valence-electron chi connectivity index (χ3n) is 2.73. The van der Waals surface area contributed by atoms with E-state index in [-0.39, 0.29) is 18.4 Å². The maximum Gasteiger partial charge on any atom is 0.241 e. The van der Waals surface area contributed by atoms with E-state index < -0.39 is 11.3 Å². The van der Waals surface area contributed by atoms with Crippen molar-refractivity contribution >= 4 is 17.8 Å². The van der Waals surface area contributed by atoms with Gasteiger partial charge in [-0.25, -0.2) is 4.98 Å². The number of hydrogen-bond donors (Lipinski definition) is 3. The molecule has 0 fully saturated rings. The van der Waals surface area contributed by atoms with Gasteiger partial charge in [0.15, 0.2) is 0 Å². The SMILES string of the molecule is CC(C)(CNc1nc(N)nc(-n2ccnc2)n1)C(N)=O. The molecule has 5 N–H and O–H groups in total. The van der Waals surface area contributed by atoms with E-state index in [0.717, 1.165) is 0 Å². The highest BCUT2D eigenvalue weighted by Crippen LogP contribution is 2.15. The van der Waals surface area contributed by atoms with Crippen molar-refractivity contribution in [1.29, 1.82) is 0 Å². The van der Waals surface area contributed by atoms with E-state index in [2.05, 4.69) is 25.3 Å². The van der Waals surface area contributed by atoms with E-state index >= 15 is 0 Å². The van der Waals surface area contributed by atoms with Crippen LogP contribution >= 0.6 is 0 Å². The molecule has 0 aliphatic carbocycles. The molecular weight excluding hydrogens is 260 g/mol. The zero-order chi connectivity index (χ0) is 14.8. The van der Waals surface area contributed by atoms with Gasteiger partial charge in [0.25, 0.3) is 0 Å². The van der Waals surface area contributed by atoms with Gasteiger partial charge in [0.1, 0.15) is 6.33 Å². The molecule has 0 aromatic carbocycles. The van der Waals surface area contributed by atoms with Crippen molar-refractivity contribution in [2.45, 2.75) is 13.8 Å². The van der Waals surface area contributed by atoms with Gasteiger partial charge in [-0.1, -0.05) is 0 Å². The zero-order valence-electron chi connectivity index (χ0n) is 11.2. The van der Waals surface area contributed by atoms with E-state index in [9.17, 15) is 4.79 Å². The molecule has 2 aromatic rings. The first kappa shape index (κ1) is 13.7. The summed E-state index contributed by atoms with van der Waals surface area (Å²) in [6.07, 6.45) is 4.83. The Kier molecular flexibility index (Phi) is 3.51. The Labute approximate surface area is 115 Å². The Morgan fingerprint density at radius 3 is 2.75 bits per heavy atom. The van der Waals surface area contributed by atoms with Gasteiger partial charge in [-0.2, -0.15) is 15.0 Å². The van der Waals surface area contributed by atoms with E-state index in [1.54, 1.807) is 37.1 Å². The first-order valence-electron chi connectivity index (χ1n) is 5.92. The van der Waals surface area contributed by atoms with Gasteiger partial charge in [0.2, 0.25) is 23.8 Å². The zero-order valence-corrected chi connectivity index (χ0v) is 11.2. The molecule has 0 aliphatic rings. The second kappa shape index (κ2) is 5.11. The number of carbonyl (C=O) groups is 1. The summed E-state index contributed by atoms with van der Waals surface area (Å²) >= 11 is 0. The van der Waals surface area contributed by atoms with E-state index in [0.29, 0.717) is 5.95 Å². The summed E-state index contributed by atoms with van der Waals surface area (Å²) in [5, 5.41) is 2.93. The molecule has 2 aromatic heterocycles. The molecule has 20 heavy (non-hydrogen) atoms. The second-order valence-electron chi connectivity index (χ2n) is 4.89. The van der Waals surface area contributed by atoms with Crippen LogP contribution in [-0.4, -0.2) is 37.0 Å². The number of nitrogens with zero attached hydrogens (tertiary/aromatic N) is 5. The average Bonchev–Trinajstić information content (AvgIpc) is 2.89. The van der Waals surface area contributed by atoms with Gasteiger partial charge in [-0.05, 0) is 13.8 Å². The third kappa shape index (κ3) is 2.99. The fraction of sp³-hybridized carbons (Fsp3) is 0.364. The van der Waals surface area contributed by atoms with Gasteiger partial charge in [0.05, 0.1) is 5.41 Å². The van der Waals surface area contributed by atoms with Crippen LogP contribution in [0.25, 0.3) is 5.95 Å². The molecule has 0 aliphatic heterocycles. The van der Waals surface area contributed by atoms with Crippen molar-refractivity contribution in [2.24, 2.45) is 11.1 Å². The Morgan fingerprint density at radius 2 is 2.15 bits per heavy atom. The van der Waals surface area contributed by atoms with Crippen LogP contribution in [0.4, 0.5) is 11.9 Å². The van der Waals surface area contributed by atoms with E-state index in [1.807, 2.05) is 0 Å². The molecule has 0 saturated heterocycles. The topological polar surface area (TPSA) is 138 Å². The summed E-state index contributed by atoms with van der Waals surface area (Å²) in [6, 6.07) is 0. The van der Waals surface area contributed by atoms with Crippen LogP contribution in [0.5, 0.6) is 0 Å². The molecule has 0 unspecified atom stereocenters. The number of imidazole rings is 1. The summed E-state index contributed by atoms with van der Waals surface area (Å²) in [7, 11) is 0. The van der Waals surface area contributed by atoms with Gasteiger partial charge in [-0.15, -0.1) is 0 Å². The lowest BCUT2D eigenvalue weighted by Crippen LogP contribution is -2.37. The lowest BCUT2D eigenvalue weighted by Gasteiger charge is -2.20. The van der Waals surface area contributed by atoms with Crippen molar-refractivity contribution < 1.29 is 4.79 Å². The minimum absolute atomic E-state index is 0.0723. The molecule has 1 amide bonds. The van der Waals surface area contributed by atoms with Crippen LogP contribution in [0.3, 0.4) is 0 Å². The molecule has 9 nitrogen and oxygen atoms in total. The first-order valence-corrected chi connectivity index (χ1v) is 5.92. The number of carbonyl (C=O) groups excluding carboxylic acids is 1. The molecule has 0 saturated carbocycles. The molecule has 2 rings (SSSR count). The van der Waals surface area contributed by atoms with Crippen LogP contribution < -0.4 is 16.8 Å². The van der Waals surface area contributed by atoms with Crippen molar-refractivity contribution in [3.8, 4) is 5.95 Å². The first-order chi connectivity index (χ1) is 9.38. The minimum Gasteiger partial charge on any atom is -0.369 e. The number of rotatable bonds is 5. The number of amides is 1. The molecule has 106 valence electrons. The quantitative estimate of drug-likeness (QED) is 0.673. The molecule has 9 heteroatoms. The van der Waals surface area contributed by atoms with Gasteiger partial charge in [-0.3, -0.25) is 9.36 Å². The largest absolute Gasteiger partial charge is 0.369 e. The fourth-order valence-corrected chi connectivity index (χ4v) is 1.34. The Balaban J connectivity index is 2.19. The summed E-state index contributed by atoms with van der Waals surface area (Å²) in [4.78, 5) is 27.3. The van der Waals surface area contributed by atoms with Crippen molar-refractivity contribution in [3.05, 3.63) is 18.7 Å². The highest BCUT2D eigenvalue weighted by atomic mass is 16.1. The predicted molar refractivity (Wildman–Crippen MR) is 72.8 cm³/mol. The summed E-state index contributed by atoms with van der Waals surface area (Å²) in [5.74, 6) is 0.273. The van der Waals surface area contributed by atoms with Gasteiger partial charge in [0, 0.05) is 18.9 Å². The highest BCUT2D eigenvalue weighted by molar-refractivity contribution is 5.80. The van der Waals surface area contributed by atoms with Crippen LogP contribution in [0.15, 0.2) is 18.7 Å². The predicted octanol–water partition coefficient (Wildman–Crippen LogP) is -0.437. The van der Waals surface area contributed by atoms with Crippen molar-refractivity contribution in [2.75, 3.05) is 17.6 Å². The molecule has 0 radical (unpaired) electrons. The van der Waals surface area contributed by atoms with Crippen LogP contribution in [0.1, 0.15) is 13.8 Å². The second-order valence-corrected chi connectivity index (χ2v) is 4.89. The lowest BCUT2D eigenvalue weighted by atomic mass is 9.93. The highest BCUT2D eigenvalue weighted by Gasteiger charge is 2.25. The minimum atomic E-state index is -0.726. The average molecular weight is 276 g/mol. The fourth-order valence-electron chi connectivity index (χ4n) is 1.34. The molecule has 0 spiro atoms. The van der Waals surface area contributed by atoms with E-state index in [1.165, 1.54) is 0 Å². The third-order valence-corrected chi connectivity index (χ3v) is 2.73. The van der Waals surface area contributed by atoms with Crippen molar-refractivity contribution in [1.82, 2.24) is 24.5 Å². The Bertz CT molecular complexity index is 607. The van der Waals surface area contributed by atoms with Crippen LogP contribution in [0.2, 0.25) is 0 Å². The lowest BCUT2D eigenvalue weighted by molar-refractivity contribution is -0.125. The van der Waals surface area contributed by atoms with Crippen molar-refractivity contribution in [3.63, 3.8) is 0 Å². The number of primary amides is 1. The van der Waals surface area contributed by atoms with Gasteiger partial charge >= 0.3 is 0 Å². The molecule has 0 bridgehead atoms. The smallest absolute Gasteiger partial charge is 0.241 e. The maximum atomic E-state index is 11.3. The summed E-state index contributed by atoms with van der Waals surface area (Å²) in [6.45, 7) is 3.74. The number of aromatic nitrogens is 5. The Morgan fingerprint density at radius 1 is 1.40 bits per heavy atom. The number of anilines is 2. The van der Waals surface area contributed by atoms with Crippen LogP contribution in [0, 0.1) is 5.41 Å². The van der Waals surface area contributed by atoms with Crippen LogP contribution in [-0.2, 0) is 4.79 Å². The molecule has 0 atom stereocenters. The number of hydrogen-bond acceptors (Lipinski definition) is 7. The number of nitrogens with one attached hydrogen (secondary N) is 1. The molecule has 2 heterocycles. The summed E-state index contributed by atoms with van der Waals surface area (Å²) in [5.41, 5.74) is 10.2. The number of nitrogen functional groups attached to an aromatic ring is 1. The monoisotopic (exact) mass is 276 g/mol. The number of nitrogens with two attached hydrogens (primary N) is 2. The normalized spacial score (nSPS) is 11.3. The summed E-state index contributed by atoms with van der Waals surface area (Å²) < 4.78 is 1.60. The van der Waals surface area contributed by atoms with Gasteiger partial charge < -0.3 is 16.8 Å². The maximum absolute atomic E-state index is 11.3. The van der Waals surface area contributed by atoms with E-state index in [4.69, 9.17) is 11.5 Å². The standard InChI is InChI=1S/C11H16N8O/c1-11(2,7(12)20)5-15-9-16-8(13)17-10(18-9)19-4-3-14-6-19/h3-4,6H,5H2,1-2H3,(H2,12,20)(H3,13,15,16,17,18). The molecular formula is C11H16N8O. The Hall–Kier alpha value is -2.71.